The first-order valence-corrected chi connectivity index (χ1v) is 6.34. The SMILES string of the molecule is Cc1ccn(Cc2ccc(Br)cc2Cl)c(=O)c1. The van der Waals surface area contributed by atoms with Gasteiger partial charge in [-0.15, -0.1) is 0 Å². The highest BCUT2D eigenvalue weighted by molar-refractivity contribution is 9.10. The normalized spacial score (nSPS) is 10.5. The Kier molecular flexibility index (Phi) is 3.69. The van der Waals surface area contributed by atoms with Gasteiger partial charge in [-0.3, -0.25) is 4.79 Å². The van der Waals surface area contributed by atoms with Gasteiger partial charge in [0.05, 0.1) is 6.54 Å². The molecule has 0 unspecified atom stereocenters. The molecule has 1 heterocycles. The fourth-order valence-electron chi connectivity index (χ4n) is 1.57. The van der Waals surface area contributed by atoms with E-state index in [-0.39, 0.29) is 5.56 Å². The second kappa shape index (κ2) is 5.07. The minimum Gasteiger partial charge on any atom is -0.311 e. The molecule has 0 bridgehead atoms. The molecule has 4 heteroatoms. The third kappa shape index (κ3) is 2.99. The molecule has 2 aromatic rings. The number of rotatable bonds is 2. The molecule has 0 radical (unpaired) electrons. The van der Waals surface area contributed by atoms with Crippen molar-refractivity contribution < 1.29 is 0 Å². The second-order valence-corrected chi connectivity index (χ2v) is 5.23. The molecule has 0 aliphatic heterocycles. The Hall–Kier alpha value is -1.06. The highest BCUT2D eigenvalue weighted by Crippen LogP contribution is 2.21. The van der Waals surface area contributed by atoms with E-state index >= 15 is 0 Å². The van der Waals surface area contributed by atoms with Crippen LogP contribution in [0.25, 0.3) is 0 Å². The molecule has 2 nitrogen and oxygen atoms in total. The summed E-state index contributed by atoms with van der Waals surface area (Å²) in [5, 5.41) is 0.659. The molecule has 0 atom stereocenters. The van der Waals surface area contributed by atoms with Crippen LogP contribution in [0, 0.1) is 6.92 Å². The van der Waals surface area contributed by atoms with Crippen LogP contribution in [0.2, 0.25) is 5.02 Å². The molecule has 1 aromatic heterocycles. The molecular weight excluding hydrogens is 302 g/mol. The van der Waals surface area contributed by atoms with Crippen LogP contribution in [0.5, 0.6) is 0 Å². The maximum absolute atomic E-state index is 11.7. The zero-order chi connectivity index (χ0) is 12.4. The van der Waals surface area contributed by atoms with E-state index in [1.807, 2.05) is 31.2 Å². The van der Waals surface area contributed by atoms with Crippen molar-refractivity contribution in [3.8, 4) is 0 Å². The van der Waals surface area contributed by atoms with Crippen molar-refractivity contribution >= 4 is 27.5 Å². The molecular formula is C13H11BrClNO. The summed E-state index contributed by atoms with van der Waals surface area (Å²) in [4.78, 5) is 11.7. The first kappa shape index (κ1) is 12.4. The lowest BCUT2D eigenvalue weighted by Gasteiger charge is -2.08. The predicted molar refractivity (Wildman–Crippen MR) is 73.7 cm³/mol. The molecule has 17 heavy (non-hydrogen) atoms. The Morgan fingerprint density at radius 3 is 2.71 bits per heavy atom. The van der Waals surface area contributed by atoms with Gasteiger partial charge in [-0.2, -0.15) is 0 Å². The maximum atomic E-state index is 11.7. The van der Waals surface area contributed by atoms with Crippen LogP contribution in [0.15, 0.2) is 45.8 Å². The summed E-state index contributed by atoms with van der Waals surface area (Å²) in [7, 11) is 0. The first-order valence-electron chi connectivity index (χ1n) is 5.17. The van der Waals surface area contributed by atoms with Gasteiger partial charge in [0.2, 0.25) is 0 Å². The third-order valence-corrected chi connectivity index (χ3v) is 3.35. The van der Waals surface area contributed by atoms with Gasteiger partial charge in [-0.05, 0) is 36.2 Å². The van der Waals surface area contributed by atoms with Gasteiger partial charge < -0.3 is 4.57 Å². The number of halogens is 2. The fraction of sp³-hybridized carbons (Fsp3) is 0.154. The van der Waals surface area contributed by atoms with Crippen LogP contribution in [0.3, 0.4) is 0 Å². The van der Waals surface area contributed by atoms with Crippen molar-refractivity contribution in [2.45, 2.75) is 13.5 Å². The molecule has 0 aliphatic rings. The Morgan fingerprint density at radius 1 is 1.29 bits per heavy atom. The van der Waals surface area contributed by atoms with E-state index < -0.39 is 0 Å². The van der Waals surface area contributed by atoms with Crippen LogP contribution >= 0.6 is 27.5 Å². The average molecular weight is 313 g/mol. The van der Waals surface area contributed by atoms with Gasteiger partial charge in [0.25, 0.3) is 5.56 Å². The summed E-state index contributed by atoms with van der Waals surface area (Å²) in [5.74, 6) is 0. The molecule has 0 amide bonds. The van der Waals surface area contributed by atoms with Crippen LogP contribution in [-0.4, -0.2) is 4.57 Å². The van der Waals surface area contributed by atoms with Crippen LogP contribution < -0.4 is 5.56 Å². The lowest BCUT2D eigenvalue weighted by Crippen LogP contribution is -2.19. The number of aryl methyl sites for hydroxylation is 1. The zero-order valence-corrected chi connectivity index (χ0v) is 11.6. The van der Waals surface area contributed by atoms with E-state index in [9.17, 15) is 4.79 Å². The Bertz CT molecular complexity index is 607. The Labute approximate surface area is 113 Å². The van der Waals surface area contributed by atoms with Crippen molar-refractivity contribution in [2.24, 2.45) is 0 Å². The van der Waals surface area contributed by atoms with Crippen LogP contribution in [0.1, 0.15) is 11.1 Å². The Balaban J connectivity index is 2.35. The van der Waals surface area contributed by atoms with E-state index in [4.69, 9.17) is 11.6 Å². The van der Waals surface area contributed by atoms with E-state index in [2.05, 4.69) is 15.9 Å². The summed E-state index contributed by atoms with van der Waals surface area (Å²) in [6.45, 7) is 2.39. The van der Waals surface area contributed by atoms with Crippen LogP contribution in [0.4, 0.5) is 0 Å². The molecule has 0 fully saturated rings. The predicted octanol–water partition coefficient (Wildman–Crippen LogP) is 3.62. The smallest absolute Gasteiger partial charge is 0.251 e. The topological polar surface area (TPSA) is 22.0 Å². The quantitative estimate of drug-likeness (QED) is 0.830. The number of nitrogens with zero attached hydrogens (tertiary/aromatic N) is 1. The van der Waals surface area contributed by atoms with Gasteiger partial charge in [0.15, 0.2) is 0 Å². The summed E-state index contributed by atoms with van der Waals surface area (Å²) >= 11 is 9.47. The van der Waals surface area contributed by atoms with E-state index in [0.29, 0.717) is 11.6 Å². The van der Waals surface area contributed by atoms with Crippen molar-refractivity contribution in [1.82, 2.24) is 4.57 Å². The second-order valence-electron chi connectivity index (χ2n) is 3.91. The first-order chi connectivity index (χ1) is 8.06. The van der Waals surface area contributed by atoms with Crippen molar-refractivity contribution in [3.05, 3.63) is 67.5 Å². The van der Waals surface area contributed by atoms with Crippen molar-refractivity contribution in [2.75, 3.05) is 0 Å². The van der Waals surface area contributed by atoms with Gasteiger partial charge >= 0.3 is 0 Å². The fourth-order valence-corrected chi connectivity index (χ4v) is 2.30. The minimum atomic E-state index is -0.0102. The highest BCUT2D eigenvalue weighted by atomic mass is 79.9. The molecule has 0 saturated carbocycles. The van der Waals surface area contributed by atoms with Gasteiger partial charge in [0, 0.05) is 21.8 Å². The number of pyridine rings is 1. The van der Waals surface area contributed by atoms with Gasteiger partial charge in [0.1, 0.15) is 0 Å². The number of aromatic nitrogens is 1. The monoisotopic (exact) mass is 311 g/mol. The third-order valence-electron chi connectivity index (χ3n) is 2.51. The molecule has 0 aliphatic carbocycles. The summed E-state index contributed by atoms with van der Waals surface area (Å²) in [6.07, 6.45) is 1.79. The zero-order valence-electron chi connectivity index (χ0n) is 9.28. The standard InChI is InChI=1S/C13H11BrClNO/c1-9-4-5-16(13(17)6-9)8-10-2-3-11(14)7-12(10)15/h2-7H,8H2,1H3. The molecule has 0 spiro atoms. The van der Waals surface area contributed by atoms with E-state index in [1.54, 1.807) is 16.8 Å². The number of benzene rings is 1. The lowest BCUT2D eigenvalue weighted by molar-refractivity contribution is 0.757. The maximum Gasteiger partial charge on any atom is 0.251 e. The minimum absolute atomic E-state index is 0.0102. The van der Waals surface area contributed by atoms with Gasteiger partial charge in [-0.1, -0.05) is 33.6 Å². The lowest BCUT2D eigenvalue weighted by atomic mass is 10.2. The van der Waals surface area contributed by atoms with Crippen LogP contribution in [-0.2, 0) is 6.54 Å². The van der Waals surface area contributed by atoms with E-state index in [0.717, 1.165) is 15.6 Å². The van der Waals surface area contributed by atoms with E-state index in [1.165, 1.54) is 0 Å². The summed E-state index contributed by atoms with van der Waals surface area (Å²) in [5.41, 5.74) is 1.89. The molecule has 0 N–H and O–H groups in total. The Morgan fingerprint density at radius 2 is 2.06 bits per heavy atom. The molecule has 88 valence electrons. The average Bonchev–Trinajstić information content (AvgIpc) is 2.25. The van der Waals surface area contributed by atoms with Crippen molar-refractivity contribution in [3.63, 3.8) is 0 Å². The number of hydrogen-bond donors (Lipinski definition) is 0. The summed E-state index contributed by atoms with van der Waals surface area (Å²) in [6, 6.07) is 9.19. The molecule has 1 aromatic carbocycles. The largest absolute Gasteiger partial charge is 0.311 e. The molecule has 0 saturated heterocycles. The molecule has 2 rings (SSSR count). The number of hydrogen-bond acceptors (Lipinski definition) is 1. The van der Waals surface area contributed by atoms with Gasteiger partial charge in [-0.25, -0.2) is 0 Å². The highest BCUT2D eigenvalue weighted by Gasteiger charge is 2.03. The summed E-state index contributed by atoms with van der Waals surface area (Å²) < 4.78 is 2.57. The van der Waals surface area contributed by atoms with Crippen molar-refractivity contribution in [1.29, 1.82) is 0 Å².